The van der Waals surface area contributed by atoms with E-state index in [9.17, 15) is 4.79 Å². The average molecular weight is 355 g/mol. The molecule has 3 heteroatoms. The zero-order valence-corrected chi connectivity index (χ0v) is 16.9. The molecule has 0 amide bonds. The normalized spacial score (nSPS) is 11.3. The highest BCUT2D eigenvalue weighted by Gasteiger charge is 2.02. The third-order valence-electron chi connectivity index (χ3n) is 4.40. The lowest BCUT2D eigenvalue weighted by molar-refractivity contribution is -0.144. The minimum absolute atomic E-state index is 0.0614. The van der Waals surface area contributed by atoms with Crippen LogP contribution in [0, 0.1) is 0 Å². The van der Waals surface area contributed by atoms with Gasteiger partial charge in [0.15, 0.2) is 0 Å². The first-order chi connectivity index (χ1) is 12.3. The molecule has 0 aromatic heterocycles. The predicted molar refractivity (Wildman–Crippen MR) is 107 cm³/mol. The monoisotopic (exact) mass is 354 g/mol. The molecular weight excluding hydrogens is 312 g/mol. The summed E-state index contributed by atoms with van der Waals surface area (Å²) in [5.41, 5.74) is 0. The third kappa shape index (κ3) is 21.1. The number of allylic oxidation sites excluding steroid dienone is 2. The van der Waals surface area contributed by atoms with Gasteiger partial charge in [-0.05, 0) is 32.1 Å². The van der Waals surface area contributed by atoms with Crippen LogP contribution >= 0.6 is 0 Å². The summed E-state index contributed by atoms with van der Waals surface area (Å²) in [4.78, 5) is 11.5. The Bertz CT molecular complexity index is 300. The fourth-order valence-electron chi connectivity index (χ4n) is 2.80. The largest absolute Gasteiger partial charge is 0.466 e. The number of esters is 1. The molecule has 3 nitrogen and oxygen atoms in total. The number of carbonyl (C=O) groups excluding carboxylic acids is 1. The van der Waals surface area contributed by atoms with Crippen molar-refractivity contribution >= 4 is 5.97 Å². The number of hydrogen-bond donors (Lipinski definition) is 0. The summed E-state index contributed by atoms with van der Waals surface area (Å²) in [6, 6.07) is 0. The molecule has 0 heterocycles. The first-order valence-corrected chi connectivity index (χ1v) is 10.6. The van der Waals surface area contributed by atoms with E-state index in [1.165, 1.54) is 70.6 Å². The first kappa shape index (κ1) is 24.2. The zero-order chi connectivity index (χ0) is 18.4. The van der Waals surface area contributed by atoms with E-state index in [1.54, 1.807) is 7.11 Å². The highest BCUT2D eigenvalue weighted by molar-refractivity contribution is 5.69. The molecule has 0 unspecified atom stereocenters. The number of carbonyl (C=O) groups is 1. The number of methoxy groups -OCH3 is 1. The highest BCUT2D eigenvalue weighted by Crippen LogP contribution is 2.10. The Labute approximate surface area is 156 Å². The summed E-state index contributed by atoms with van der Waals surface area (Å²) in [6.07, 6.45) is 22.6. The third-order valence-corrected chi connectivity index (χ3v) is 4.40. The molecule has 148 valence electrons. The van der Waals surface area contributed by atoms with Gasteiger partial charge in [-0.25, -0.2) is 0 Å². The van der Waals surface area contributed by atoms with Crippen LogP contribution in [0.4, 0.5) is 0 Å². The Hall–Kier alpha value is -0.830. The molecule has 0 spiro atoms. The number of hydrogen-bond acceptors (Lipinski definition) is 3. The van der Waals surface area contributed by atoms with Crippen molar-refractivity contribution in [3.8, 4) is 0 Å². The van der Waals surface area contributed by atoms with E-state index in [2.05, 4.69) is 19.1 Å². The molecule has 25 heavy (non-hydrogen) atoms. The summed E-state index contributed by atoms with van der Waals surface area (Å²) in [5, 5.41) is 0. The van der Waals surface area contributed by atoms with E-state index in [0.29, 0.717) is 19.6 Å². The maximum atomic E-state index is 11.5. The van der Waals surface area contributed by atoms with Gasteiger partial charge in [0, 0.05) is 26.6 Å². The molecular formula is C22H42O3. The van der Waals surface area contributed by atoms with Crippen LogP contribution in [0.5, 0.6) is 0 Å². The zero-order valence-electron chi connectivity index (χ0n) is 16.9. The van der Waals surface area contributed by atoms with E-state index in [1.807, 2.05) is 0 Å². The molecule has 0 N–H and O–H groups in total. The van der Waals surface area contributed by atoms with Crippen molar-refractivity contribution in [3.63, 3.8) is 0 Å². The second kappa shape index (κ2) is 21.2. The van der Waals surface area contributed by atoms with Crippen LogP contribution in [-0.2, 0) is 14.3 Å². The van der Waals surface area contributed by atoms with Crippen LogP contribution in [0.3, 0.4) is 0 Å². The number of ether oxygens (including phenoxy) is 2. The Kier molecular flexibility index (Phi) is 20.5. The Balaban J connectivity index is 3.17. The second-order valence-electron chi connectivity index (χ2n) is 6.90. The van der Waals surface area contributed by atoms with Crippen LogP contribution in [0.2, 0.25) is 0 Å². The molecule has 0 atom stereocenters. The Morgan fingerprint density at radius 2 is 1.28 bits per heavy atom. The molecule has 0 radical (unpaired) electrons. The van der Waals surface area contributed by atoms with E-state index in [4.69, 9.17) is 9.47 Å². The summed E-state index contributed by atoms with van der Waals surface area (Å²) >= 11 is 0. The van der Waals surface area contributed by atoms with Crippen molar-refractivity contribution in [2.24, 2.45) is 0 Å². The van der Waals surface area contributed by atoms with Crippen molar-refractivity contribution in [1.29, 1.82) is 0 Å². The fourth-order valence-corrected chi connectivity index (χ4v) is 2.80. The smallest absolute Gasteiger partial charge is 0.305 e. The molecule has 0 aliphatic carbocycles. The van der Waals surface area contributed by atoms with E-state index < -0.39 is 0 Å². The van der Waals surface area contributed by atoms with Crippen molar-refractivity contribution < 1.29 is 14.3 Å². The summed E-state index contributed by atoms with van der Waals surface area (Å²) in [6.45, 7) is 3.40. The summed E-state index contributed by atoms with van der Waals surface area (Å²) < 4.78 is 10.1. The second-order valence-corrected chi connectivity index (χ2v) is 6.90. The average Bonchev–Trinajstić information content (AvgIpc) is 2.62. The molecule has 0 aromatic carbocycles. The highest BCUT2D eigenvalue weighted by atomic mass is 16.5. The van der Waals surface area contributed by atoms with Gasteiger partial charge < -0.3 is 9.47 Å². The lowest BCUT2D eigenvalue weighted by Gasteiger charge is -2.04. The van der Waals surface area contributed by atoms with Crippen molar-refractivity contribution in [2.45, 2.75) is 103 Å². The van der Waals surface area contributed by atoms with Crippen molar-refractivity contribution in [3.05, 3.63) is 12.2 Å². The van der Waals surface area contributed by atoms with Gasteiger partial charge in [0.2, 0.25) is 0 Å². The van der Waals surface area contributed by atoms with E-state index >= 15 is 0 Å². The van der Waals surface area contributed by atoms with Gasteiger partial charge in [-0.1, -0.05) is 70.4 Å². The lowest BCUT2D eigenvalue weighted by atomic mass is 10.1. The van der Waals surface area contributed by atoms with Gasteiger partial charge in [-0.3, -0.25) is 4.79 Å². The van der Waals surface area contributed by atoms with Gasteiger partial charge in [-0.15, -0.1) is 0 Å². The maximum Gasteiger partial charge on any atom is 0.305 e. The molecule has 0 aliphatic heterocycles. The number of unbranched alkanes of at least 4 members (excludes halogenated alkanes) is 11. The van der Waals surface area contributed by atoms with Crippen LogP contribution in [0.15, 0.2) is 12.2 Å². The molecule has 0 rings (SSSR count). The maximum absolute atomic E-state index is 11.5. The molecule has 0 saturated carbocycles. The Morgan fingerprint density at radius 1 is 0.720 bits per heavy atom. The quantitative estimate of drug-likeness (QED) is 0.149. The minimum atomic E-state index is -0.0614. The first-order valence-electron chi connectivity index (χ1n) is 10.6. The summed E-state index contributed by atoms with van der Waals surface area (Å²) in [5.74, 6) is -0.0614. The van der Waals surface area contributed by atoms with Gasteiger partial charge >= 0.3 is 5.97 Å². The SMILES string of the molecule is CCCCCCCCC=CCCCCCCCC(=O)OCCCOC. The minimum Gasteiger partial charge on any atom is -0.466 e. The van der Waals surface area contributed by atoms with Gasteiger partial charge in [0.05, 0.1) is 6.61 Å². The molecule has 0 aliphatic rings. The van der Waals surface area contributed by atoms with E-state index in [0.717, 1.165) is 19.3 Å². The number of rotatable bonds is 19. The predicted octanol–water partition coefficient (Wildman–Crippen LogP) is 6.60. The van der Waals surface area contributed by atoms with Crippen molar-refractivity contribution in [2.75, 3.05) is 20.3 Å². The van der Waals surface area contributed by atoms with Crippen LogP contribution in [0.25, 0.3) is 0 Å². The van der Waals surface area contributed by atoms with Gasteiger partial charge in [0.25, 0.3) is 0 Å². The standard InChI is InChI=1S/C22H42O3/c1-3-4-5-6-7-8-9-10-11-12-13-14-15-16-17-19-22(23)25-21-18-20-24-2/h10-11H,3-9,12-21H2,1-2H3. The topological polar surface area (TPSA) is 35.5 Å². The lowest BCUT2D eigenvalue weighted by Crippen LogP contribution is -2.07. The molecule has 0 aromatic rings. The van der Waals surface area contributed by atoms with Crippen molar-refractivity contribution in [1.82, 2.24) is 0 Å². The summed E-state index contributed by atoms with van der Waals surface area (Å²) in [7, 11) is 1.66. The van der Waals surface area contributed by atoms with Crippen LogP contribution < -0.4 is 0 Å². The molecule has 0 fully saturated rings. The van der Waals surface area contributed by atoms with Crippen LogP contribution in [0.1, 0.15) is 103 Å². The van der Waals surface area contributed by atoms with Gasteiger partial charge in [0.1, 0.15) is 0 Å². The van der Waals surface area contributed by atoms with E-state index in [-0.39, 0.29) is 5.97 Å². The fraction of sp³-hybridized carbons (Fsp3) is 0.864. The molecule has 0 bridgehead atoms. The van der Waals surface area contributed by atoms with Gasteiger partial charge in [-0.2, -0.15) is 0 Å². The van der Waals surface area contributed by atoms with Crippen LogP contribution in [-0.4, -0.2) is 26.3 Å². The Morgan fingerprint density at radius 3 is 1.88 bits per heavy atom. The molecule has 0 saturated heterocycles.